The van der Waals surface area contributed by atoms with Gasteiger partial charge in [-0.05, 0) is 55.3 Å². The number of benzene rings is 2. The third-order valence-corrected chi connectivity index (χ3v) is 8.14. The molecular formula is C30H36N4O5. The van der Waals surface area contributed by atoms with Crippen molar-refractivity contribution in [1.29, 1.82) is 0 Å². The van der Waals surface area contributed by atoms with E-state index >= 15 is 0 Å². The summed E-state index contributed by atoms with van der Waals surface area (Å²) in [6.07, 6.45) is 3.70. The first kappa shape index (κ1) is 26.9. The fraction of sp³-hybridized carbons (Fsp3) is 0.467. The van der Waals surface area contributed by atoms with E-state index in [1.54, 1.807) is 4.90 Å². The van der Waals surface area contributed by atoms with Gasteiger partial charge in [0.25, 0.3) is 0 Å². The maximum Gasteiger partial charge on any atom is 0.326 e. The zero-order valence-corrected chi connectivity index (χ0v) is 22.1. The van der Waals surface area contributed by atoms with Crippen LogP contribution in [0.4, 0.5) is 0 Å². The molecule has 0 radical (unpaired) electrons. The summed E-state index contributed by atoms with van der Waals surface area (Å²) in [5, 5.41) is 16.2. The van der Waals surface area contributed by atoms with E-state index in [9.17, 15) is 24.3 Å². The van der Waals surface area contributed by atoms with Gasteiger partial charge in [0.1, 0.15) is 12.1 Å². The van der Waals surface area contributed by atoms with Crippen molar-refractivity contribution in [2.24, 2.45) is 0 Å². The van der Waals surface area contributed by atoms with Gasteiger partial charge < -0.3 is 25.5 Å². The van der Waals surface area contributed by atoms with E-state index in [0.29, 0.717) is 19.4 Å². The number of nitrogens with zero attached hydrogens (tertiary/aromatic N) is 2. The van der Waals surface area contributed by atoms with Crippen molar-refractivity contribution in [1.82, 2.24) is 20.4 Å². The van der Waals surface area contributed by atoms with Crippen LogP contribution in [-0.2, 0) is 38.6 Å². The van der Waals surface area contributed by atoms with Gasteiger partial charge in [0.15, 0.2) is 0 Å². The van der Waals surface area contributed by atoms with E-state index < -0.39 is 24.1 Å². The average molecular weight is 533 g/mol. The van der Waals surface area contributed by atoms with E-state index in [1.807, 2.05) is 54.6 Å². The molecule has 4 atom stereocenters. The number of carboxylic acids is 1. The molecule has 3 amide bonds. The number of carbonyl (C=O) groups excluding carboxylic acids is 3. The molecule has 3 aliphatic rings. The molecule has 3 aliphatic heterocycles. The molecule has 9 nitrogen and oxygen atoms in total. The van der Waals surface area contributed by atoms with Crippen LogP contribution < -0.4 is 10.6 Å². The normalized spacial score (nSPS) is 23.2. The summed E-state index contributed by atoms with van der Waals surface area (Å²) in [5.41, 5.74) is 2.84. The van der Waals surface area contributed by atoms with Crippen molar-refractivity contribution < 1.29 is 24.3 Å². The molecule has 3 heterocycles. The maximum absolute atomic E-state index is 13.6. The van der Waals surface area contributed by atoms with Gasteiger partial charge in [-0.3, -0.25) is 14.4 Å². The fourth-order valence-corrected chi connectivity index (χ4v) is 6.10. The number of carbonyl (C=O) groups is 4. The Kier molecular flexibility index (Phi) is 8.26. The van der Waals surface area contributed by atoms with Crippen LogP contribution in [0.1, 0.15) is 48.8 Å². The lowest BCUT2D eigenvalue weighted by Gasteiger charge is -2.35. The molecule has 2 aromatic rings. The Balaban J connectivity index is 1.32. The number of fused-ring (bicyclic) bond motifs is 1. The molecule has 0 aliphatic carbocycles. The van der Waals surface area contributed by atoms with E-state index in [2.05, 4.69) is 10.6 Å². The smallest absolute Gasteiger partial charge is 0.326 e. The van der Waals surface area contributed by atoms with Crippen molar-refractivity contribution in [3.63, 3.8) is 0 Å². The minimum Gasteiger partial charge on any atom is -0.480 e. The van der Waals surface area contributed by atoms with Crippen molar-refractivity contribution in [2.45, 2.75) is 75.7 Å². The fourth-order valence-electron chi connectivity index (χ4n) is 6.10. The number of carboxylic acid groups (broad SMARTS) is 1. The summed E-state index contributed by atoms with van der Waals surface area (Å²) in [6, 6.07) is 14.9. The molecule has 2 fully saturated rings. The summed E-state index contributed by atoms with van der Waals surface area (Å²) >= 11 is 0. The van der Waals surface area contributed by atoms with Gasteiger partial charge >= 0.3 is 5.97 Å². The monoisotopic (exact) mass is 532 g/mol. The summed E-state index contributed by atoms with van der Waals surface area (Å²) in [7, 11) is 0. The highest BCUT2D eigenvalue weighted by atomic mass is 16.4. The van der Waals surface area contributed by atoms with Crippen molar-refractivity contribution in [3.05, 3.63) is 71.3 Å². The Morgan fingerprint density at radius 3 is 2.38 bits per heavy atom. The molecule has 0 aromatic heterocycles. The number of hydrogen-bond donors (Lipinski definition) is 3. The first-order valence-electron chi connectivity index (χ1n) is 13.9. The van der Waals surface area contributed by atoms with Gasteiger partial charge in [-0.2, -0.15) is 0 Å². The second kappa shape index (κ2) is 12.0. The summed E-state index contributed by atoms with van der Waals surface area (Å²) in [4.78, 5) is 55.4. The Morgan fingerprint density at radius 2 is 1.67 bits per heavy atom. The number of rotatable bonds is 8. The predicted molar refractivity (Wildman–Crippen MR) is 145 cm³/mol. The molecule has 4 unspecified atom stereocenters. The topological polar surface area (TPSA) is 119 Å². The summed E-state index contributed by atoms with van der Waals surface area (Å²) < 4.78 is 0. The molecule has 2 saturated heterocycles. The highest BCUT2D eigenvalue weighted by Crippen LogP contribution is 2.25. The average Bonchev–Trinajstić information content (AvgIpc) is 3.65. The van der Waals surface area contributed by atoms with Crippen LogP contribution in [0, 0.1) is 0 Å². The molecule has 206 valence electrons. The lowest BCUT2D eigenvalue weighted by molar-refractivity contribution is -0.151. The molecule has 3 N–H and O–H groups in total. The Bertz CT molecular complexity index is 1210. The van der Waals surface area contributed by atoms with Gasteiger partial charge in [0.2, 0.25) is 17.7 Å². The number of amides is 3. The van der Waals surface area contributed by atoms with Crippen LogP contribution in [-0.4, -0.2) is 75.9 Å². The van der Waals surface area contributed by atoms with Gasteiger partial charge in [-0.1, -0.05) is 54.6 Å². The third-order valence-electron chi connectivity index (χ3n) is 8.14. The number of nitrogens with one attached hydrogen (secondary N) is 2. The van der Waals surface area contributed by atoms with Crippen molar-refractivity contribution in [3.8, 4) is 0 Å². The standard InChI is InChI=1S/C30H36N4O5/c35-27(34-19-22-11-5-4-10-21(22)17-26(34)30(38)39)18-23(16-20-8-2-1-3-9-20)32-28(36)25-13-7-15-33(25)29(37)24-12-6-14-31-24/h1-5,8-11,23-26,31H,6-7,12-19H2,(H,32,36)(H,38,39). The third kappa shape index (κ3) is 6.14. The largest absolute Gasteiger partial charge is 0.480 e. The van der Waals surface area contributed by atoms with Crippen LogP contribution in [0.3, 0.4) is 0 Å². The summed E-state index contributed by atoms with van der Waals surface area (Å²) in [5.74, 6) is -1.64. The first-order chi connectivity index (χ1) is 18.9. The number of hydrogen-bond acceptors (Lipinski definition) is 5. The minimum atomic E-state index is -1.04. The molecule has 2 aromatic carbocycles. The molecule has 39 heavy (non-hydrogen) atoms. The van der Waals surface area contributed by atoms with Gasteiger partial charge in [-0.15, -0.1) is 0 Å². The van der Waals surface area contributed by atoms with Crippen LogP contribution >= 0.6 is 0 Å². The van der Waals surface area contributed by atoms with E-state index in [1.165, 1.54) is 4.90 Å². The van der Waals surface area contributed by atoms with Crippen LogP contribution in [0.25, 0.3) is 0 Å². The zero-order valence-electron chi connectivity index (χ0n) is 22.1. The SMILES string of the molecule is O=C(O)C1Cc2ccccc2CN1C(=O)CC(Cc1ccccc1)NC(=O)C1CCCN1C(=O)C1CCCN1. The highest BCUT2D eigenvalue weighted by molar-refractivity contribution is 5.91. The molecule has 0 saturated carbocycles. The molecule has 9 heteroatoms. The maximum atomic E-state index is 13.6. The molecule has 0 spiro atoms. The van der Waals surface area contributed by atoms with Crippen LogP contribution in [0.15, 0.2) is 54.6 Å². The highest BCUT2D eigenvalue weighted by Gasteiger charge is 2.39. The zero-order chi connectivity index (χ0) is 27.4. The van der Waals surface area contributed by atoms with Crippen LogP contribution in [0.5, 0.6) is 0 Å². The predicted octanol–water partition coefficient (Wildman–Crippen LogP) is 1.89. The lowest BCUT2D eigenvalue weighted by Crippen LogP contribution is -2.54. The van der Waals surface area contributed by atoms with E-state index in [0.717, 1.165) is 42.5 Å². The Labute approximate surface area is 228 Å². The lowest BCUT2D eigenvalue weighted by atomic mass is 9.93. The molecular weight excluding hydrogens is 496 g/mol. The number of aliphatic carboxylic acids is 1. The summed E-state index contributed by atoms with van der Waals surface area (Å²) in [6.45, 7) is 1.57. The second-order valence-corrected chi connectivity index (χ2v) is 10.8. The Morgan fingerprint density at radius 1 is 0.923 bits per heavy atom. The first-order valence-corrected chi connectivity index (χ1v) is 13.9. The number of likely N-dealkylation sites (tertiary alicyclic amines) is 1. The minimum absolute atomic E-state index is 0.0303. The van der Waals surface area contributed by atoms with E-state index in [4.69, 9.17) is 0 Å². The van der Waals surface area contributed by atoms with Crippen molar-refractivity contribution in [2.75, 3.05) is 13.1 Å². The van der Waals surface area contributed by atoms with E-state index in [-0.39, 0.29) is 43.1 Å². The quantitative estimate of drug-likeness (QED) is 0.478. The van der Waals surface area contributed by atoms with Gasteiger partial charge in [-0.25, -0.2) is 4.79 Å². The second-order valence-electron chi connectivity index (χ2n) is 10.8. The van der Waals surface area contributed by atoms with Gasteiger partial charge in [0, 0.05) is 32.0 Å². The Hall–Kier alpha value is -3.72. The van der Waals surface area contributed by atoms with Gasteiger partial charge in [0.05, 0.1) is 6.04 Å². The van der Waals surface area contributed by atoms with Crippen molar-refractivity contribution >= 4 is 23.7 Å². The molecule has 0 bridgehead atoms. The molecule has 5 rings (SSSR count). The van der Waals surface area contributed by atoms with Crippen LogP contribution in [0.2, 0.25) is 0 Å².